The number of methoxy groups -OCH3 is 1. The van der Waals surface area contributed by atoms with Gasteiger partial charge in [0, 0.05) is 7.11 Å². The Morgan fingerprint density at radius 2 is 2.33 bits per heavy atom. The standard InChI is InChI=1S/C4H7NO/c1-4(3-5)6-2/h4H,1-2H3/t4-/m0/s1. The summed E-state index contributed by atoms with van der Waals surface area (Å²) in [5, 5.41) is 7.96. The fourth-order valence-corrected chi connectivity index (χ4v) is 0.0527. The van der Waals surface area contributed by atoms with Crippen molar-refractivity contribution in [1.82, 2.24) is 0 Å². The summed E-state index contributed by atoms with van der Waals surface area (Å²) < 4.78 is 4.54. The lowest BCUT2D eigenvalue weighted by atomic mass is 10.5. The maximum atomic E-state index is 7.96. The highest BCUT2D eigenvalue weighted by Gasteiger charge is 1.88. The first-order valence-corrected chi connectivity index (χ1v) is 1.73. The maximum absolute atomic E-state index is 7.96. The van der Waals surface area contributed by atoms with Crippen molar-refractivity contribution in [3.8, 4) is 6.07 Å². The van der Waals surface area contributed by atoms with Gasteiger partial charge in [-0.1, -0.05) is 0 Å². The van der Waals surface area contributed by atoms with Gasteiger partial charge in [0.25, 0.3) is 0 Å². The summed E-state index contributed by atoms with van der Waals surface area (Å²) in [4.78, 5) is 0. The number of hydrogen-bond acceptors (Lipinski definition) is 2. The predicted molar refractivity (Wildman–Crippen MR) is 22.1 cm³/mol. The molecule has 0 saturated heterocycles. The third-order valence-corrected chi connectivity index (χ3v) is 0.535. The summed E-state index contributed by atoms with van der Waals surface area (Å²) in [6.45, 7) is 1.69. The Morgan fingerprint density at radius 3 is 2.33 bits per heavy atom. The highest BCUT2D eigenvalue weighted by molar-refractivity contribution is 4.77. The van der Waals surface area contributed by atoms with Crippen molar-refractivity contribution in [2.24, 2.45) is 0 Å². The van der Waals surface area contributed by atoms with Crippen LogP contribution in [0.3, 0.4) is 0 Å². The van der Waals surface area contributed by atoms with Gasteiger partial charge in [-0.3, -0.25) is 0 Å². The lowest BCUT2D eigenvalue weighted by Gasteiger charge is -1.91. The summed E-state index contributed by atoms with van der Waals surface area (Å²) in [6.07, 6.45) is -0.259. The fraction of sp³-hybridized carbons (Fsp3) is 0.750. The zero-order valence-corrected chi connectivity index (χ0v) is 3.93. The molecule has 0 aliphatic carbocycles. The molecule has 2 heteroatoms. The molecular formula is C4H7NO. The second-order valence-corrected chi connectivity index (χ2v) is 1.01. The van der Waals surface area contributed by atoms with Crippen LogP contribution in [0.4, 0.5) is 0 Å². The molecule has 0 aliphatic heterocycles. The van der Waals surface area contributed by atoms with Crippen molar-refractivity contribution >= 4 is 0 Å². The lowest BCUT2D eigenvalue weighted by Crippen LogP contribution is -1.97. The molecule has 0 unspecified atom stereocenters. The van der Waals surface area contributed by atoms with E-state index < -0.39 is 0 Å². The molecular weight excluding hydrogens is 78.0 g/mol. The van der Waals surface area contributed by atoms with Gasteiger partial charge < -0.3 is 4.74 Å². The zero-order valence-electron chi connectivity index (χ0n) is 3.93. The molecule has 0 spiro atoms. The third-order valence-electron chi connectivity index (χ3n) is 0.535. The average molecular weight is 85.1 g/mol. The highest BCUT2D eigenvalue weighted by Crippen LogP contribution is 1.78. The van der Waals surface area contributed by atoms with Crippen molar-refractivity contribution < 1.29 is 4.74 Å². The summed E-state index contributed by atoms with van der Waals surface area (Å²) in [7, 11) is 1.51. The van der Waals surface area contributed by atoms with E-state index in [4.69, 9.17) is 5.26 Å². The number of nitriles is 1. The molecule has 0 radical (unpaired) electrons. The number of rotatable bonds is 1. The van der Waals surface area contributed by atoms with Gasteiger partial charge in [0.15, 0.2) is 0 Å². The van der Waals surface area contributed by atoms with Gasteiger partial charge in [-0.15, -0.1) is 0 Å². The van der Waals surface area contributed by atoms with E-state index >= 15 is 0 Å². The van der Waals surface area contributed by atoms with Crippen molar-refractivity contribution in [1.29, 1.82) is 5.26 Å². The highest BCUT2D eigenvalue weighted by atomic mass is 16.5. The van der Waals surface area contributed by atoms with Crippen LogP contribution in [-0.4, -0.2) is 13.2 Å². The normalized spacial score (nSPS) is 12.8. The van der Waals surface area contributed by atoms with Crippen molar-refractivity contribution in [3.63, 3.8) is 0 Å². The maximum Gasteiger partial charge on any atom is 0.140 e. The molecule has 0 aromatic rings. The van der Waals surface area contributed by atoms with Crippen molar-refractivity contribution in [2.45, 2.75) is 13.0 Å². The van der Waals surface area contributed by atoms with Crippen LogP contribution in [0.5, 0.6) is 0 Å². The molecule has 0 amide bonds. The molecule has 0 rings (SSSR count). The molecule has 0 saturated carbocycles. The van der Waals surface area contributed by atoms with Gasteiger partial charge in [0.05, 0.1) is 6.07 Å². The molecule has 1 atom stereocenters. The molecule has 0 aliphatic rings. The Morgan fingerprint density at radius 1 is 1.83 bits per heavy atom. The Bertz CT molecular complexity index is 64.4. The summed E-state index contributed by atoms with van der Waals surface area (Å²) in [6, 6.07) is 1.89. The molecule has 0 aromatic carbocycles. The van der Waals surface area contributed by atoms with Gasteiger partial charge in [0.2, 0.25) is 0 Å². The van der Waals surface area contributed by atoms with E-state index in [1.165, 1.54) is 7.11 Å². The SMILES string of the molecule is CO[C@@H](C)C#N. The summed E-state index contributed by atoms with van der Waals surface area (Å²) in [5.74, 6) is 0. The van der Waals surface area contributed by atoms with Gasteiger partial charge in [-0.2, -0.15) is 5.26 Å². The Kier molecular flexibility index (Phi) is 2.43. The zero-order chi connectivity index (χ0) is 4.99. The first kappa shape index (κ1) is 5.45. The minimum absolute atomic E-state index is 0.259. The van der Waals surface area contributed by atoms with Gasteiger partial charge in [0.1, 0.15) is 6.10 Å². The monoisotopic (exact) mass is 85.1 g/mol. The van der Waals surface area contributed by atoms with Crippen LogP contribution in [0.15, 0.2) is 0 Å². The molecule has 34 valence electrons. The Hall–Kier alpha value is -0.550. The molecule has 0 aromatic heterocycles. The fourth-order valence-electron chi connectivity index (χ4n) is 0.0527. The van der Waals surface area contributed by atoms with Crippen LogP contribution >= 0.6 is 0 Å². The number of nitrogens with zero attached hydrogens (tertiary/aromatic N) is 1. The van der Waals surface area contributed by atoms with Crippen molar-refractivity contribution in [2.75, 3.05) is 7.11 Å². The number of ether oxygens (including phenoxy) is 1. The van der Waals surface area contributed by atoms with Crippen LogP contribution in [0.25, 0.3) is 0 Å². The molecule has 0 N–H and O–H groups in total. The largest absolute Gasteiger partial charge is 0.367 e. The second kappa shape index (κ2) is 2.67. The van der Waals surface area contributed by atoms with Crippen LogP contribution in [0, 0.1) is 11.3 Å². The minimum Gasteiger partial charge on any atom is -0.367 e. The first-order valence-electron chi connectivity index (χ1n) is 1.73. The Balaban J connectivity index is 3.04. The second-order valence-electron chi connectivity index (χ2n) is 1.01. The smallest absolute Gasteiger partial charge is 0.140 e. The van der Waals surface area contributed by atoms with Crippen LogP contribution in [-0.2, 0) is 4.74 Å². The molecule has 0 fully saturated rings. The summed E-state index contributed by atoms with van der Waals surface area (Å²) >= 11 is 0. The van der Waals surface area contributed by atoms with Crippen LogP contribution in [0.1, 0.15) is 6.92 Å². The quantitative estimate of drug-likeness (QED) is 0.465. The van der Waals surface area contributed by atoms with E-state index in [1.54, 1.807) is 6.92 Å². The summed E-state index contributed by atoms with van der Waals surface area (Å²) in [5.41, 5.74) is 0. The molecule has 0 heterocycles. The average Bonchev–Trinajstić information content (AvgIpc) is 1.65. The van der Waals surface area contributed by atoms with Crippen LogP contribution < -0.4 is 0 Å². The Labute approximate surface area is 37.3 Å². The van der Waals surface area contributed by atoms with E-state index in [0.29, 0.717) is 0 Å². The van der Waals surface area contributed by atoms with Gasteiger partial charge in [-0.25, -0.2) is 0 Å². The van der Waals surface area contributed by atoms with E-state index in [0.717, 1.165) is 0 Å². The van der Waals surface area contributed by atoms with Crippen molar-refractivity contribution in [3.05, 3.63) is 0 Å². The van der Waals surface area contributed by atoms with Gasteiger partial charge in [-0.05, 0) is 6.92 Å². The number of hydrogen-bond donors (Lipinski definition) is 0. The van der Waals surface area contributed by atoms with E-state index in [-0.39, 0.29) is 6.10 Å². The van der Waals surface area contributed by atoms with E-state index in [1.807, 2.05) is 6.07 Å². The van der Waals surface area contributed by atoms with Crippen LogP contribution in [0.2, 0.25) is 0 Å². The lowest BCUT2D eigenvalue weighted by molar-refractivity contribution is 0.162. The predicted octanol–water partition coefficient (Wildman–Crippen LogP) is 0.545. The minimum atomic E-state index is -0.259. The van der Waals surface area contributed by atoms with E-state index in [2.05, 4.69) is 4.74 Å². The van der Waals surface area contributed by atoms with E-state index in [9.17, 15) is 0 Å². The third kappa shape index (κ3) is 1.74. The molecule has 6 heavy (non-hydrogen) atoms. The first-order chi connectivity index (χ1) is 2.81. The topological polar surface area (TPSA) is 33.0 Å². The molecule has 2 nitrogen and oxygen atoms in total. The van der Waals surface area contributed by atoms with Gasteiger partial charge >= 0.3 is 0 Å². The molecule has 0 bridgehead atoms.